The molecule has 28 heavy (non-hydrogen) atoms. The van der Waals surface area contributed by atoms with E-state index in [1.165, 1.54) is 16.9 Å². The van der Waals surface area contributed by atoms with Crippen LogP contribution in [0.4, 0.5) is 0 Å². The van der Waals surface area contributed by atoms with E-state index in [0.29, 0.717) is 24.5 Å². The molecule has 1 heterocycles. The van der Waals surface area contributed by atoms with E-state index in [-0.39, 0.29) is 5.75 Å². The van der Waals surface area contributed by atoms with Gasteiger partial charge in [0.1, 0.15) is 11.5 Å². The van der Waals surface area contributed by atoms with Crippen molar-refractivity contribution in [2.45, 2.75) is 13.8 Å². The number of benzene rings is 2. The second-order valence-corrected chi connectivity index (χ2v) is 6.95. The molecule has 0 amide bonds. The summed E-state index contributed by atoms with van der Waals surface area (Å²) in [6.07, 6.45) is 3.38. The maximum Gasteiger partial charge on any atom is 0.206 e. The van der Waals surface area contributed by atoms with E-state index in [1.807, 2.05) is 18.4 Å². The van der Waals surface area contributed by atoms with Crippen LogP contribution in [0.3, 0.4) is 0 Å². The van der Waals surface area contributed by atoms with Gasteiger partial charge in [0.05, 0.1) is 25.1 Å². The van der Waals surface area contributed by atoms with Crippen molar-refractivity contribution in [3.05, 3.63) is 76.4 Å². The Bertz CT molecular complexity index is 1050. The second kappa shape index (κ2) is 9.19. The molecule has 0 fully saturated rings. The van der Waals surface area contributed by atoms with Crippen molar-refractivity contribution in [3.63, 3.8) is 0 Å². The summed E-state index contributed by atoms with van der Waals surface area (Å²) in [5, 5.41) is 16.9. The average molecular weight is 394 g/mol. The van der Waals surface area contributed by atoms with Crippen molar-refractivity contribution in [1.82, 2.24) is 4.68 Å². The van der Waals surface area contributed by atoms with Gasteiger partial charge in [-0.05, 0) is 26.0 Å². The molecule has 0 spiro atoms. The smallest absolute Gasteiger partial charge is 0.206 e. The number of aryl methyl sites for hydroxylation is 1. The minimum Gasteiger partial charge on any atom is -0.507 e. The van der Waals surface area contributed by atoms with Gasteiger partial charge < -0.3 is 9.84 Å². The molecule has 6 heteroatoms. The molecular formula is C22H23N3O2S. The molecule has 0 bridgehead atoms. The first-order valence-corrected chi connectivity index (χ1v) is 9.89. The number of thiazole rings is 1. The highest BCUT2D eigenvalue weighted by Gasteiger charge is 2.08. The molecular weight excluding hydrogens is 370 g/mol. The summed E-state index contributed by atoms with van der Waals surface area (Å²) >= 11 is 1.52. The van der Waals surface area contributed by atoms with E-state index in [0.717, 1.165) is 16.1 Å². The molecule has 0 aliphatic heterocycles. The first kappa shape index (κ1) is 19.6. The Morgan fingerprint density at radius 2 is 2.00 bits per heavy atom. The zero-order valence-electron chi connectivity index (χ0n) is 16.0. The highest BCUT2D eigenvalue weighted by molar-refractivity contribution is 7.07. The van der Waals surface area contributed by atoms with E-state index >= 15 is 0 Å². The topological polar surface area (TPSA) is 59.1 Å². The molecule has 1 N–H and O–H groups in total. The summed E-state index contributed by atoms with van der Waals surface area (Å²) in [6.45, 7) is 8.75. The molecule has 0 saturated heterocycles. The van der Waals surface area contributed by atoms with Crippen LogP contribution in [0.15, 0.2) is 70.6 Å². The van der Waals surface area contributed by atoms with E-state index in [4.69, 9.17) is 4.74 Å². The maximum absolute atomic E-state index is 10.3. The fourth-order valence-electron chi connectivity index (χ4n) is 2.59. The maximum atomic E-state index is 10.3. The van der Waals surface area contributed by atoms with Gasteiger partial charge in [0, 0.05) is 22.6 Å². The summed E-state index contributed by atoms with van der Waals surface area (Å²) < 4.78 is 7.20. The van der Waals surface area contributed by atoms with Crippen LogP contribution >= 0.6 is 11.3 Å². The zero-order valence-corrected chi connectivity index (χ0v) is 16.8. The van der Waals surface area contributed by atoms with Gasteiger partial charge in [0.15, 0.2) is 0 Å². The van der Waals surface area contributed by atoms with Gasteiger partial charge >= 0.3 is 0 Å². The van der Waals surface area contributed by atoms with Crippen LogP contribution in [-0.2, 0) is 0 Å². The fraction of sp³-hybridized carbons (Fsp3) is 0.182. The van der Waals surface area contributed by atoms with Gasteiger partial charge in [-0.3, -0.25) is 4.99 Å². The summed E-state index contributed by atoms with van der Waals surface area (Å²) in [5.74, 6) is 0.745. The highest BCUT2D eigenvalue weighted by atomic mass is 32.1. The van der Waals surface area contributed by atoms with Crippen LogP contribution in [-0.4, -0.2) is 29.1 Å². The molecule has 5 nitrogen and oxygen atoms in total. The number of hydrogen-bond donors (Lipinski definition) is 1. The van der Waals surface area contributed by atoms with Gasteiger partial charge in [-0.2, -0.15) is 5.10 Å². The van der Waals surface area contributed by atoms with Gasteiger partial charge in [-0.1, -0.05) is 35.9 Å². The largest absolute Gasteiger partial charge is 0.507 e. The molecule has 144 valence electrons. The minimum atomic E-state index is 0.118. The van der Waals surface area contributed by atoms with E-state index in [9.17, 15) is 5.11 Å². The third-order valence-electron chi connectivity index (χ3n) is 4.01. The highest BCUT2D eigenvalue weighted by Crippen LogP contribution is 2.23. The zero-order chi connectivity index (χ0) is 19.9. The van der Waals surface area contributed by atoms with E-state index in [2.05, 4.69) is 47.9 Å². The Labute approximate surface area is 168 Å². The standard InChI is InChI=1S/C22H23N3O2S/c1-4-12-23-22-25(20(15-28-22)17-8-6-16(3)7-9-17)24-14-18-10-11-19(27-5-2)13-21(18)26/h4,6-11,13-15,26H,1,5,12H2,2-3H3. The van der Waals surface area contributed by atoms with Crippen LogP contribution in [0.5, 0.6) is 11.5 Å². The molecule has 0 radical (unpaired) electrons. The average Bonchev–Trinajstić information content (AvgIpc) is 3.09. The number of aromatic nitrogens is 1. The SMILES string of the molecule is C=CCN=c1scc(-c2ccc(C)cc2)n1N=Cc1ccc(OCC)cc1O. The van der Waals surface area contributed by atoms with E-state index in [1.54, 1.807) is 29.1 Å². The quantitative estimate of drug-likeness (QED) is 0.471. The van der Waals surface area contributed by atoms with Crippen molar-refractivity contribution in [2.24, 2.45) is 10.1 Å². The second-order valence-electron chi connectivity index (χ2n) is 6.11. The summed E-state index contributed by atoms with van der Waals surface area (Å²) in [6, 6.07) is 13.5. The van der Waals surface area contributed by atoms with Crippen LogP contribution in [0.2, 0.25) is 0 Å². The Morgan fingerprint density at radius 3 is 2.68 bits per heavy atom. The van der Waals surface area contributed by atoms with Crippen molar-refractivity contribution < 1.29 is 9.84 Å². The summed E-state index contributed by atoms with van der Waals surface area (Å²) in [4.78, 5) is 5.29. The lowest BCUT2D eigenvalue weighted by Crippen LogP contribution is -2.12. The lowest BCUT2D eigenvalue weighted by Gasteiger charge is -2.06. The lowest BCUT2D eigenvalue weighted by atomic mass is 10.1. The molecule has 0 aliphatic carbocycles. The predicted octanol–water partition coefficient (Wildman–Crippen LogP) is 4.60. The fourth-order valence-corrected chi connectivity index (χ4v) is 3.44. The van der Waals surface area contributed by atoms with Crippen LogP contribution in [0.25, 0.3) is 11.3 Å². The number of phenols is 1. The third-order valence-corrected chi connectivity index (χ3v) is 4.87. The number of hydrogen-bond acceptors (Lipinski definition) is 5. The van der Waals surface area contributed by atoms with Gasteiger partial charge in [-0.15, -0.1) is 17.9 Å². The molecule has 3 rings (SSSR count). The van der Waals surface area contributed by atoms with Gasteiger partial charge in [0.25, 0.3) is 0 Å². The van der Waals surface area contributed by atoms with Crippen LogP contribution in [0, 0.1) is 6.92 Å². The molecule has 0 aliphatic rings. The minimum absolute atomic E-state index is 0.118. The number of phenolic OH excluding ortho intramolecular Hbond substituents is 1. The van der Waals surface area contributed by atoms with Crippen LogP contribution in [0.1, 0.15) is 18.1 Å². The molecule has 1 aromatic heterocycles. The van der Waals surface area contributed by atoms with Crippen molar-refractivity contribution in [1.29, 1.82) is 0 Å². The Kier molecular flexibility index (Phi) is 6.45. The van der Waals surface area contributed by atoms with Crippen molar-refractivity contribution in [2.75, 3.05) is 13.2 Å². The number of nitrogens with zero attached hydrogens (tertiary/aromatic N) is 3. The molecule has 0 saturated carbocycles. The first-order valence-electron chi connectivity index (χ1n) is 9.01. The Balaban J connectivity index is 2.02. The Morgan fingerprint density at radius 1 is 1.21 bits per heavy atom. The molecule has 2 aromatic carbocycles. The monoisotopic (exact) mass is 393 g/mol. The van der Waals surface area contributed by atoms with Crippen molar-refractivity contribution >= 4 is 17.6 Å². The van der Waals surface area contributed by atoms with Gasteiger partial charge in [0.2, 0.25) is 4.80 Å². The Hall–Kier alpha value is -3.12. The van der Waals surface area contributed by atoms with Crippen LogP contribution < -0.4 is 9.54 Å². The summed E-state index contributed by atoms with van der Waals surface area (Å²) in [7, 11) is 0. The van der Waals surface area contributed by atoms with E-state index < -0.39 is 0 Å². The van der Waals surface area contributed by atoms with Gasteiger partial charge in [-0.25, -0.2) is 4.68 Å². The summed E-state index contributed by atoms with van der Waals surface area (Å²) in [5.41, 5.74) is 3.79. The van der Waals surface area contributed by atoms with Crippen molar-refractivity contribution in [3.8, 4) is 22.8 Å². The number of ether oxygens (including phenoxy) is 1. The molecule has 3 aromatic rings. The third kappa shape index (κ3) is 4.58. The number of rotatable bonds is 7. The number of aromatic hydroxyl groups is 1. The normalized spacial score (nSPS) is 11.9. The first-order chi connectivity index (χ1) is 13.6. The molecule has 0 atom stereocenters. The lowest BCUT2D eigenvalue weighted by molar-refractivity contribution is 0.337. The predicted molar refractivity (Wildman–Crippen MR) is 115 cm³/mol. The molecule has 0 unspecified atom stereocenters.